The molecule has 3 saturated carbocycles. The minimum absolute atomic E-state index is 0.0473. The molecule has 3 aliphatic carbocycles. The zero-order valence-electron chi connectivity index (χ0n) is 16.8. The maximum atomic E-state index is 13.4. The van der Waals surface area contributed by atoms with Crippen LogP contribution in [0, 0.1) is 11.3 Å². The molecule has 1 aromatic heterocycles. The van der Waals surface area contributed by atoms with Crippen molar-refractivity contribution in [2.75, 3.05) is 11.4 Å². The molecule has 2 aromatic rings. The third-order valence-corrected chi connectivity index (χ3v) is 7.06. The average molecular weight is 458 g/mol. The molecule has 1 aliphatic heterocycles. The van der Waals surface area contributed by atoms with Gasteiger partial charge in [0.1, 0.15) is 0 Å². The van der Waals surface area contributed by atoms with E-state index in [1.165, 1.54) is 12.4 Å². The molecular formula is C21H20F6N4O. The molecule has 1 aromatic carbocycles. The summed E-state index contributed by atoms with van der Waals surface area (Å²) < 4.78 is 80.1. The SMILES string of the molecule is O=C(N1Cc2cc(C(F)(F)F)ccc2N(Cc2cnc[nH]2)[C@H](C23CC(C2)C3)C1)C(F)(F)F. The second-order valence-corrected chi connectivity index (χ2v) is 9.09. The van der Waals surface area contributed by atoms with E-state index in [0.717, 1.165) is 31.4 Å². The van der Waals surface area contributed by atoms with E-state index in [2.05, 4.69) is 9.97 Å². The Morgan fingerprint density at radius 1 is 1.16 bits per heavy atom. The van der Waals surface area contributed by atoms with Crippen LogP contribution >= 0.6 is 0 Å². The first-order chi connectivity index (χ1) is 15.0. The number of amides is 1. The van der Waals surface area contributed by atoms with Gasteiger partial charge in [-0.2, -0.15) is 26.3 Å². The van der Waals surface area contributed by atoms with E-state index >= 15 is 0 Å². The second kappa shape index (κ2) is 6.89. The molecule has 2 bridgehead atoms. The standard InChI is InChI=1S/C21H20F6N4O/c22-20(23,24)14-1-2-16-13(3-14)8-30(18(32)21(25,26)27)10-17(19-4-12(5-19)6-19)31(16)9-15-7-28-11-29-15/h1-3,7,11-12,17H,4-6,8-10H2,(H,28,29)/t12?,17-,19?/m0/s1. The van der Waals surface area contributed by atoms with E-state index in [9.17, 15) is 31.1 Å². The number of benzene rings is 1. The zero-order valence-corrected chi connectivity index (χ0v) is 16.8. The van der Waals surface area contributed by atoms with Crippen molar-refractivity contribution in [1.29, 1.82) is 0 Å². The van der Waals surface area contributed by atoms with Crippen LogP contribution in [0.3, 0.4) is 0 Å². The van der Waals surface area contributed by atoms with Crippen LogP contribution in [0.4, 0.5) is 32.0 Å². The van der Waals surface area contributed by atoms with Gasteiger partial charge in [0.05, 0.1) is 30.2 Å². The molecule has 1 amide bonds. The van der Waals surface area contributed by atoms with Gasteiger partial charge in [0.2, 0.25) is 0 Å². The number of aromatic nitrogens is 2. The lowest BCUT2D eigenvalue weighted by Crippen LogP contribution is -2.66. The van der Waals surface area contributed by atoms with Gasteiger partial charge >= 0.3 is 18.3 Å². The van der Waals surface area contributed by atoms with Crippen molar-refractivity contribution >= 4 is 11.6 Å². The predicted octanol–water partition coefficient (Wildman–Crippen LogP) is 4.51. The number of hydrogen-bond donors (Lipinski definition) is 1. The summed E-state index contributed by atoms with van der Waals surface area (Å²) in [5.74, 6) is -1.49. The van der Waals surface area contributed by atoms with Gasteiger partial charge in [-0.05, 0) is 54.4 Å². The van der Waals surface area contributed by atoms with Gasteiger partial charge in [-0.15, -0.1) is 0 Å². The zero-order chi connectivity index (χ0) is 22.9. The first kappa shape index (κ1) is 21.1. The Morgan fingerprint density at radius 3 is 2.41 bits per heavy atom. The molecule has 32 heavy (non-hydrogen) atoms. The smallest absolute Gasteiger partial charge is 0.360 e. The van der Waals surface area contributed by atoms with E-state index in [4.69, 9.17) is 0 Å². The highest BCUT2D eigenvalue weighted by Crippen LogP contribution is 2.67. The van der Waals surface area contributed by atoms with Crippen molar-refractivity contribution < 1.29 is 31.1 Å². The van der Waals surface area contributed by atoms with E-state index in [-0.39, 0.29) is 24.1 Å². The average Bonchev–Trinajstić information content (AvgIpc) is 3.08. The molecule has 172 valence electrons. The highest BCUT2D eigenvalue weighted by Gasteiger charge is 2.63. The van der Waals surface area contributed by atoms with Crippen molar-refractivity contribution in [2.24, 2.45) is 11.3 Å². The summed E-state index contributed by atoms with van der Waals surface area (Å²) in [7, 11) is 0. The van der Waals surface area contributed by atoms with Crippen LogP contribution in [-0.2, 0) is 24.1 Å². The Morgan fingerprint density at radius 2 is 1.88 bits per heavy atom. The fourth-order valence-electron chi connectivity index (χ4n) is 5.48. The molecule has 6 rings (SSSR count). The van der Waals surface area contributed by atoms with Crippen LogP contribution in [0.1, 0.15) is 36.1 Å². The molecule has 5 nitrogen and oxygen atoms in total. The van der Waals surface area contributed by atoms with Crippen LogP contribution in [0.15, 0.2) is 30.7 Å². The van der Waals surface area contributed by atoms with Crippen molar-refractivity contribution in [3.05, 3.63) is 47.5 Å². The summed E-state index contributed by atoms with van der Waals surface area (Å²) in [5, 5.41) is 0. The first-order valence-electron chi connectivity index (χ1n) is 10.3. The van der Waals surface area contributed by atoms with Gasteiger partial charge in [-0.25, -0.2) is 4.98 Å². The highest BCUT2D eigenvalue weighted by atomic mass is 19.4. The summed E-state index contributed by atoms with van der Waals surface area (Å²) in [6.45, 7) is -0.494. The summed E-state index contributed by atoms with van der Waals surface area (Å²) in [6.07, 6.45) is -4.17. The number of H-pyrrole nitrogens is 1. The van der Waals surface area contributed by atoms with Gasteiger partial charge < -0.3 is 14.8 Å². The van der Waals surface area contributed by atoms with E-state index < -0.39 is 36.4 Å². The van der Waals surface area contributed by atoms with Crippen LogP contribution in [0.2, 0.25) is 0 Å². The third kappa shape index (κ3) is 3.41. The lowest BCUT2D eigenvalue weighted by atomic mass is 9.41. The maximum absolute atomic E-state index is 13.4. The molecule has 0 spiro atoms. The molecule has 3 fully saturated rings. The molecule has 11 heteroatoms. The summed E-state index contributed by atoms with van der Waals surface area (Å²) in [4.78, 5) is 21.7. The summed E-state index contributed by atoms with van der Waals surface area (Å²) in [5.41, 5.74) is -0.0472. The number of rotatable bonds is 3. The fourth-order valence-corrected chi connectivity index (χ4v) is 5.48. The van der Waals surface area contributed by atoms with Gasteiger partial charge in [0.25, 0.3) is 0 Å². The van der Waals surface area contributed by atoms with Gasteiger partial charge in [0.15, 0.2) is 0 Å². The Kier molecular flexibility index (Phi) is 4.55. The number of carbonyl (C=O) groups is 1. The Labute approximate surface area is 179 Å². The quantitative estimate of drug-likeness (QED) is 0.689. The van der Waals surface area contributed by atoms with Crippen molar-refractivity contribution in [3.8, 4) is 0 Å². The topological polar surface area (TPSA) is 52.2 Å². The molecule has 0 saturated heterocycles. The second-order valence-electron chi connectivity index (χ2n) is 9.09. The lowest BCUT2D eigenvalue weighted by molar-refractivity contribution is -0.189. The van der Waals surface area contributed by atoms with Crippen LogP contribution < -0.4 is 4.90 Å². The molecule has 1 atom stereocenters. The van der Waals surface area contributed by atoms with Crippen LogP contribution in [-0.4, -0.2) is 39.5 Å². The number of alkyl halides is 6. The fraction of sp³-hybridized carbons (Fsp3) is 0.524. The summed E-state index contributed by atoms with van der Waals surface area (Å²) >= 11 is 0. The lowest BCUT2D eigenvalue weighted by Gasteiger charge is -2.67. The number of nitrogens with one attached hydrogen (secondary N) is 1. The van der Waals surface area contributed by atoms with E-state index in [1.54, 1.807) is 6.20 Å². The van der Waals surface area contributed by atoms with E-state index in [1.807, 2.05) is 4.90 Å². The van der Waals surface area contributed by atoms with Crippen LogP contribution in [0.5, 0.6) is 0 Å². The Bertz CT molecular complexity index is 1010. The highest BCUT2D eigenvalue weighted by molar-refractivity contribution is 5.82. The minimum atomic E-state index is -5.11. The number of nitrogens with zero attached hydrogens (tertiary/aromatic N) is 3. The number of anilines is 1. The summed E-state index contributed by atoms with van der Waals surface area (Å²) in [6, 6.07) is 2.67. The molecule has 4 aliphatic rings. The number of hydrogen-bond acceptors (Lipinski definition) is 3. The number of aromatic amines is 1. The first-order valence-corrected chi connectivity index (χ1v) is 10.3. The minimum Gasteiger partial charge on any atom is -0.360 e. The number of carbonyl (C=O) groups excluding carboxylic acids is 1. The maximum Gasteiger partial charge on any atom is 0.471 e. The van der Waals surface area contributed by atoms with Gasteiger partial charge in [0, 0.05) is 25.0 Å². The number of fused-ring (bicyclic) bond motifs is 1. The van der Waals surface area contributed by atoms with Gasteiger partial charge in [-0.3, -0.25) is 4.79 Å². The van der Waals surface area contributed by atoms with Crippen LogP contribution in [0.25, 0.3) is 0 Å². The molecule has 1 N–H and O–H groups in total. The van der Waals surface area contributed by atoms with Crippen molar-refractivity contribution in [1.82, 2.24) is 14.9 Å². The Balaban J connectivity index is 1.62. The van der Waals surface area contributed by atoms with Crippen molar-refractivity contribution in [3.63, 3.8) is 0 Å². The number of imidazole rings is 1. The largest absolute Gasteiger partial charge is 0.471 e. The molecular weight excluding hydrogens is 438 g/mol. The Hall–Kier alpha value is -2.72. The van der Waals surface area contributed by atoms with Gasteiger partial charge in [-0.1, -0.05) is 0 Å². The molecule has 0 radical (unpaired) electrons. The normalized spacial score (nSPS) is 27.3. The molecule has 2 heterocycles. The predicted molar refractivity (Wildman–Crippen MR) is 101 cm³/mol. The number of halogens is 6. The monoisotopic (exact) mass is 458 g/mol. The van der Waals surface area contributed by atoms with Crippen molar-refractivity contribution in [2.45, 2.75) is 50.7 Å². The molecule has 0 unspecified atom stereocenters. The third-order valence-electron chi connectivity index (χ3n) is 7.06. The van der Waals surface area contributed by atoms with E-state index in [0.29, 0.717) is 22.2 Å².